The van der Waals surface area contributed by atoms with E-state index in [1.807, 2.05) is 56.6 Å². The molecule has 0 saturated carbocycles. The predicted octanol–water partition coefficient (Wildman–Crippen LogP) is 5.53. The molecule has 0 aliphatic rings. The van der Waals surface area contributed by atoms with E-state index in [4.69, 9.17) is 9.97 Å². The minimum absolute atomic E-state index is 0.00110. The van der Waals surface area contributed by atoms with Gasteiger partial charge in [-0.1, -0.05) is 42.5 Å². The summed E-state index contributed by atoms with van der Waals surface area (Å²) in [6, 6.07) is 23.5. The summed E-state index contributed by atoms with van der Waals surface area (Å²) >= 11 is 0. The second-order valence-electron chi connectivity index (χ2n) is 9.53. The number of aryl methyl sites for hydroxylation is 1. The highest BCUT2D eigenvalue weighted by Gasteiger charge is 2.19. The number of nitrogens with one attached hydrogen (secondary N) is 3. The average Bonchev–Trinajstić information content (AvgIpc) is 3.23. The first kappa shape index (κ1) is 26.2. The van der Waals surface area contributed by atoms with Crippen LogP contribution in [0.4, 0.5) is 23.3 Å². The normalized spacial score (nSPS) is 12.3. The molecular formula is C29H31N7O2S. The van der Waals surface area contributed by atoms with Gasteiger partial charge in [0.1, 0.15) is 5.52 Å². The highest BCUT2D eigenvalue weighted by atomic mass is 32.2. The van der Waals surface area contributed by atoms with Crippen molar-refractivity contribution in [2.75, 3.05) is 29.3 Å². The van der Waals surface area contributed by atoms with Crippen LogP contribution in [0.3, 0.4) is 0 Å². The molecule has 0 aliphatic heterocycles. The molecule has 0 saturated heterocycles. The lowest BCUT2D eigenvalue weighted by atomic mass is 10.1. The number of rotatable bonds is 9. The number of nitrogens with zero attached hydrogens (tertiary/aromatic N) is 4. The van der Waals surface area contributed by atoms with Gasteiger partial charge in [-0.25, -0.2) is 23.4 Å². The Morgan fingerprint density at radius 2 is 1.69 bits per heavy atom. The number of benzene rings is 3. The second kappa shape index (κ2) is 10.7. The van der Waals surface area contributed by atoms with Gasteiger partial charge in [0.05, 0.1) is 28.6 Å². The Labute approximate surface area is 228 Å². The number of hydrogen-bond donors (Lipinski definition) is 3. The maximum Gasteiger partial charge on any atom is 0.227 e. The van der Waals surface area contributed by atoms with Crippen molar-refractivity contribution in [1.29, 1.82) is 0 Å². The molecule has 0 radical (unpaired) electrons. The van der Waals surface area contributed by atoms with Crippen LogP contribution in [0.5, 0.6) is 0 Å². The van der Waals surface area contributed by atoms with Gasteiger partial charge in [-0.2, -0.15) is 0 Å². The van der Waals surface area contributed by atoms with Crippen LogP contribution in [0, 0.1) is 0 Å². The number of anilines is 4. The second-order valence-corrected chi connectivity index (χ2v) is 11.7. The zero-order valence-corrected chi connectivity index (χ0v) is 23.1. The van der Waals surface area contributed by atoms with Crippen LogP contribution in [-0.2, 0) is 22.6 Å². The minimum atomic E-state index is -3.10. The van der Waals surface area contributed by atoms with Crippen LogP contribution < -0.4 is 16.0 Å². The third kappa shape index (κ3) is 5.85. The molecule has 0 bridgehead atoms. The maximum atomic E-state index is 11.6. The van der Waals surface area contributed by atoms with E-state index in [-0.39, 0.29) is 11.8 Å². The van der Waals surface area contributed by atoms with Crippen LogP contribution >= 0.6 is 0 Å². The van der Waals surface area contributed by atoms with Crippen molar-refractivity contribution in [3.63, 3.8) is 0 Å². The molecule has 5 rings (SSSR count). The molecular weight excluding hydrogens is 510 g/mol. The van der Waals surface area contributed by atoms with Gasteiger partial charge in [-0.15, -0.1) is 0 Å². The van der Waals surface area contributed by atoms with Crippen LogP contribution in [0.1, 0.15) is 24.1 Å². The Bertz CT molecular complexity index is 1720. The van der Waals surface area contributed by atoms with E-state index in [2.05, 4.69) is 50.6 Å². The third-order valence-corrected chi connectivity index (χ3v) is 7.38. The zero-order chi connectivity index (χ0) is 27.6. The van der Waals surface area contributed by atoms with Crippen LogP contribution in [0.2, 0.25) is 0 Å². The number of hydrogen-bond acceptors (Lipinski definition) is 8. The highest BCUT2D eigenvalue weighted by molar-refractivity contribution is 7.89. The molecule has 200 valence electrons. The van der Waals surface area contributed by atoms with Gasteiger partial charge in [-0.05, 0) is 48.4 Å². The number of imidazole rings is 1. The zero-order valence-electron chi connectivity index (χ0n) is 22.3. The van der Waals surface area contributed by atoms with Crippen molar-refractivity contribution in [3.8, 4) is 11.3 Å². The highest BCUT2D eigenvalue weighted by Crippen LogP contribution is 2.36. The third-order valence-electron chi connectivity index (χ3n) is 6.52. The number of fused-ring (bicyclic) bond motifs is 1. The van der Waals surface area contributed by atoms with Crippen molar-refractivity contribution in [1.82, 2.24) is 19.5 Å². The van der Waals surface area contributed by atoms with E-state index in [1.165, 1.54) is 11.8 Å². The van der Waals surface area contributed by atoms with Crippen molar-refractivity contribution in [3.05, 3.63) is 90.1 Å². The van der Waals surface area contributed by atoms with E-state index in [0.717, 1.165) is 45.2 Å². The van der Waals surface area contributed by atoms with Gasteiger partial charge < -0.3 is 20.5 Å². The Balaban J connectivity index is 1.47. The molecule has 5 aromatic rings. The van der Waals surface area contributed by atoms with Gasteiger partial charge in [0.15, 0.2) is 9.84 Å². The smallest absolute Gasteiger partial charge is 0.227 e. The minimum Gasteiger partial charge on any atom is -0.388 e. The molecule has 0 amide bonds. The van der Waals surface area contributed by atoms with Gasteiger partial charge in [0.25, 0.3) is 0 Å². The predicted molar refractivity (Wildman–Crippen MR) is 158 cm³/mol. The first-order valence-electron chi connectivity index (χ1n) is 12.6. The Morgan fingerprint density at radius 1 is 0.949 bits per heavy atom. The lowest BCUT2D eigenvalue weighted by Gasteiger charge is -2.14. The summed E-state index contributed by atoms with van der Waals surface area (Å²) < 4.78 is 25.2. The molecule has 2 aromatic heterocycles. The monoisotopic (exact) mass is 541 g/mol. The van der Waals surface area contributed by atoms with Gasteiger partial charge in [0.2, 0.25) is 11.9 Å². The molecule has 1 unspecified atom stereocenters. The van der Waals surface area contributed by atoms with Crippen LogP contribution in [-0.4, -0.2) is 41.2 Å². The summed E-state index contributed by atoms with van der Waals surface area (Å²) in [7, 11) is 0.781. The lowest BCUT2D eigenvalue weighted by molar-refractivity contribution is 0.601. The first-order chi connectivity index (χ1) is 18.7. The SMILES string of the molecule is CNc1ccc2c(nc(NC(C)c3ccccc3)n2C)c1-c1ccnc(Nc2ccc(CS(C)(=O)=O)cc2)n1. The number of aromatic nitrogens is 4. The summed E-state index contributed by atoms with van der Waals surface area (Å²) in [5, 5.41) is 10.0. The Morgan fingerprint density at radius 3 is 2.38 bits per heavy atom. The molecule has 2 heterocycles. The van der Waals surface area contributed by atoms with E-state index < -0.39 is 9.84 Å². The molecule has 3 aromatic carbocycles. The maximum absolute atomic E-state index is 11.6. The Kier molecular flexibility index (Phi) is 7.21. The van der Waals surface area contributed by atoms with Gasteiger partial charge in [-0.3, -0.25) is 0 Å². The van der Waals surface area contributed by atoms with Crippen LogP contribution in [0.25, 0.3) is 22.3 Å². The summed E-state index contributed by atoms with van der Waals surface area (Å²) in [5.41, 5.74) is 6.95. The topological polar surface area (TPSA) is 114 Å². The first-order valence-corrected chi connectivity index (χ1v) is 14.6. The molecule has 0 fully saturated rings. The fourth-order valence-electron chi connectivity index (χ4n) is 4.55. The van der Waals surface area contributed by atoms with E-state index in [1.54, 1.807) is 18.3 Å². The van der Waals surface area contributed by atoms with Crippen molar-refractivity contribution in [2.45, 2.75) is 18.7 Å². The molecule has 3 N–H and O–H groups in total. The van der Waals surface area contributed by atoms with E-state index in [9.17, 15) is 8.42 Å². The molecule has 39 heavy (non-hydrogen) atoms. The molecule has 9 nitrogen and oxygen atoms in total. The fraction of sp³-hybridized carbons (Fsp3) is 0.207. The van der Waals surface area contributed by atoms with Crippen molar-refractivity contribution >= 4 is 44.1 Å². The average molecular weight is 542 g/mol. The largest absolute Gasteiger partial charge is 0.388 e. The van der Waals surface area contributed by atoms with Crippen molar-refractivity contribution in [2.24, 2.45) is 7.05 Å². The van der Waals surface area contributed by atoms with Crippen LogP contribution in [0.15, 0.2) is 79.0 Å². The molecule has 0 spiro atoms. The summed E-state index contributed by atoms with van der Waals surface area (Å²) in [6.07, 6.45) is 2.93. The fourth-order valence-corrected chi connectivity index (χ4v) is 5.35. The standard InChI is InChI=1S/C29H31N7O2S/c1-19(21-8-6-5-7-9-21)32-29-35-27-25(36(29)3)15-14-23(30-2)26(27)24-16-17-31-28(34-24)33-22-12-10-20(11-13-22)18-39(4,37)38/h5-17,19,30H,18H2,1-4H3,(H,32,35)(H,31,33,34). The van der Waals surface area contributed by atoms with Gasteiger partial charge in [0, 0.05) is 37.9 Å². The van der Waals surface area contributed by atoms with E-state index >= 15 is 0 Å². The number of sulfone groups is 1. The summed E-state index contributed by atoms with van der Waals surface area (Å²) in [4.78, 5) is 14.2. The van der Waals surface area contributed by atoms with Crippen molar-refractivity contribution < 1.29 is 8.42 Å². The van der Waals surface area contributed by atoms with Gasteiger partial charge >= 0.3 is 0 Å². The Hall–Kier alpha value is -4.44. The van der Waals surface area contributed by atoms with E-state index in [0.29, 0.717) is 5.95 Å². The molecule has 10 heteroatoms. The summed E-state index contributed by atoms with van der Waals surface area (Å²) in [6.45, 7) is 2.12. The quantitative estimate of drug-likeness (QED) is 0.223. The summed E-state index contributed by atoms with van der Waals surface area (Å²) in [5.74, 6) is 1.19. The lowest BCUT2D eigenvalue weighted by Crippen LogP contribution is -2.10. The molecule has 1 atom stereocenters. The molecule has 0 aliphatic carbocycles.